The van der Waals surface area contributed by atoms with Crippen LogP contribution in [0.1, 0.15) is 38.5 Å². The Bertz CT molecular complexity index is 224. The Labute approximate surface area is 96.6 Å². The maximum absolute atomic E-state index is 6.16. The molecule has 1 saturated carbocycles. The maximum Gasteiger partial charge on any atom is 0.0876 e. The average molecular weight is 227 g/mol. The van der Waals surface area contributed by atoms with E-state index in [4.69, 9.17) is 10.5 Å². The maximum atomic E-state index is 6.16. The van der Waals surface area contributed by atoms with Crippen molar-refractivity contribution in [3.8, 4) is 0 Å². The molecule has 0 aromatic carbocycles. The molecule has 0 radical (unpaired) electrons. The van der Waals surface area contributed by atoms with E-state index in [0.717, 1.165) is 30.5 Å². The number of ether oxygens (including phenoxy) is 1. The molecule has 0 spiro atoms. The Hall–Kier alpha value is -0.150. The van der Waals surface area contributed by atoms with Crippen molar-refractivity contribution in [3.05, 3.63) is 11.8 Å². The molecule has 0 bridgehead atoms. The molecule has 1 aliphatic heterocycles. The predicted molar refractivity (Wildman–Crippen MR) is 66.0 cm³/mol. The summed E-state index contributed by atoms with van der Waals surface area (Å²) in [5.41, 5.74) is 7.47. The van der Waals surface area contributed by atoms with Gasteiger partial charge in [0.25, 0.3) is 0 Å². The van der Waals surface area contributed by atoms with Crippen LogP contribution in [0.25, 0.3) is 0 Å². The number of thioether (sulfide) groups is 1. The molecule has 1 aliphatic carbocycles. The molecule has 2 N–H and O–H groups in total. The van der Waals surface area contributed by atoms with Crippen LogP contribution < -0.4 is 5.73 Å². The number of rotatable bonds is 4. The van der Waals surface area contributed by atoms with Crippen molar-refractivity contribution in [2.24, 2.45) is 5.73 Å². The molecule has 0 amide bonds. The first-order chi connectivity index (χ1) is 7.36. The van der Waals surface area contributed by atoms with Crippen molar-refractivity contribution < 1.29 is 4.74 Å². The van der Waals surface area contributed by atoms with Gasteiger partial charge in [-0.05, 0) is 31.3 Å². The van der Waals surface area contributed by atoms with Gasteiger partial charge >= 0.3 is 0 Å². The summed E-state index contributed by atoms with van der Waals surface area (Å²) in [4.78, 5) is 0. The van der Waals surface area contributed by atoms with E-state index in [1.165, 1.54) is 31.3 Å². The second kappa shape index (κ2) is 5.80. The van der Waals surface area contributed by atoms with Crippen LogP contribution in [0.5, 0.6) is 0 Å². The van der Waals surface area contributed by atoms with Crippen LogP contribution >= 0.6 is 11.8 Å². The highest BCUT2D eigenvalue weighted by Gasteiger charge is 2.18. The largest absolute Gasteiger partial charge is 0.501 e. The van der Waals surface area contributed by atoms with Crippen molar-refractivity contribution in [1.29, 1.82) is 0 Å². The van der Waals surface area contributed by atoms with Crippen LogP contribution in [-0.2, 0) is 4.74 Å². The predicted octanol–water partition coefficient (Wildman–Crippen LogP) is 2.68. The van der Waals surface area contributed by atoms with E-state index in [-0.39, 0.29) is 6.04 Å². The summed E-state index contributed by atoms with van der Waals surface area (Å²) in [6.07, 6.45) is 9.78. The molecular weight excluding hydrogens is 206 g/mol. The first-order valence-electron chi connectivity index (χ1n) is 6.04. The highest BCUT2D eigenvalue weighted by atomic mass is 32.2. The number of hydrogen-bond donors (Lipinski definition) is 1. The fourth-order valence-corrected chi connectivity index (χ4v) is 3.62. The van der Waals surface area contributed by atoms with Crippen molar-refractivity contribution in [2.75, 3.05) is 12.4 Å². The van der Waals surface area contributed by atoms with Gasteiger partial charge in [0.2, 0.25) is 0 Å². The summed E-state index contributed by atoms with van der Waals surface area (Å²) in [5.74, 6) is 1.07. The first kappa shape index (κ1) is 11.3. The fourth-order valence-electron chi connectivity index (χ4n) is 2.26. The summed E-state index contributed by atoms with van der Waals surface area (Å²) >= 11 is 2.06. The standard InChI is InChI=1S/C12H21NOS/c13-12(10-4-3-7-14-8-10)9-15-11-5-1-2-6-11/h8,11-12H,1-7,9,13H2. The lowest BCUT2D eigenvalue weighted by Crippen LogP contribution is -2.28. The van der Waals surface area contributed by atoms with Crippen molar-refractivity contribution in [3.63, 3.8) is 0 Å². The number of hydrogen-bond acceptors (Lipinski definition) is 3. The van der Waals surface area contributed by atoms with E-state index in [2.05, 4.69) is 11.8 Å². The lowest BCUT2D eigenvalue weighted by molar-refractivity contribution is 0.222. The van der Waals surface area contributed by atoms with Crippen LogP contribution in [0.3, 0.4) is 0 Å². The topological polar surface area (TPSA) is 35.2 Å². The van der Waals surface area contributed by atoms with Gasteiger partial charge in [-0.3, -0.25) is 0 Å². The summed E-state index contributed by atoms with van der Waals surface area (Å²) in [6.45, 7) is 0.867. The third-order valence-corrected chi connectivity index (χ3v) is 4.75. The third-order valence-electron chi connectivity index (χ3n) is 3.25. The van der Waals surface area contributed by atoms with Crippen molar-refractivity contribution in [1.82, 2.24) is 0 Å². The van der Waals surface area contributed by atoms with Gasteiger partial charge < -0.3 is 10.5 Å². The second-order valence-electron chi connectivity index (χ2n) is 4.51. The van der Waals surface area contributed by atoms with E-state index in [0.29, 0.717) is 0 Å². The Balaban J connectivity index is 1.71. The smallest absolute Gasteiger partial charge is 0.0876 e. The van der Waals surface area contributed by atoms with E-state index in [9.17, 15) is 0 Å². The second-order valence-corrected chi connectivity index (χ2v) is 5.85. The van der Waals surface area contributed by atoms with Gasteiger partial charge in [-0.25, -0.2) is 0 Å². The van der Waals surface area contributed by atoms with Crippen LogP contribution in [0, 0.1) is 0 Å². The summed E-state index contributed by atoms with van der Waals surface area (Å²) in [5, 5.41) is 0.876. The molecule has 1 heterocycles. The normalized spacial score (nSPS) is 24.7. The summed E-state index contributed by atoms with van der Waals surface area (Å²) in [6, 6.07) is 0.218. The monoisotopic (exact) mass is 227 g/mol. The molecule has 0 aromatic heterocycles. The van der Waals surface area contributed by atoms with Gasteiger partial charge in [0.1, 0.15) is 0 Å². The zero-order valence-electron chi connectivity index (χ0n) is 9.28. The summed E-state index contributed by atoms with van der Waals surface area (Å²) < 4.78 is 5.32. The molecule has 0 aromatic rings. The molecule has 1 fully saturated rings. The molecular formula is C12H21NOS. The van der Waals surface area contributed by atoms with E-state index >= 15 is 0 Å². The van der Waals surface area contributed by atoms with Gasteiger partial charge in [-0.15, -0.1) is 0 Å². The molecule has 1 unspecified atom stereocenters. The number of nitrogens with two attached hydrogens (primary N) is 1. The van der Waals surface area contributed by atoms with Gasteiger partial charge in [-0.1, -0.05) is 12.8 Å². The van der Waals surface area contributed by atoms with E-state index < -0.39 is 0 Å². The molecule has 2 nitrogen and oxygen atoms in total. The van der Waals surface area contributed by atoms with Crippen molar-refractivity contribution in [2.45, 2.75) is 49.8 Å². The van der Waals surface area contributed by atoms with Crippen LogP contribution in [0.4, 0.5) is 0 Å². The quantitative estimate of drug-likeness (QED) is 0.802. The average Bonchev–Trinajstić information content (AvgIpc) is 2.80. The molecule has 86 valence electrons. The Morgan fingerprint density at radius 1 is 1.40 bits per heavy atom. The molecule has 2 aliphatic rings. The lowest BCUT2D eigenvalue weighted by Gasteiger charge is -2.20. The van der Waals surface area contributed by atoms with Gasteiger partial charge in [-0.2, -0.15) is 11.8 Å². The van der Waals surface area contributed by atoms with Gasteiger partial charge in [0, 0.05) is 17.0 Å². The highest BCUT2D eigenvalue weighted by molar-refractivity contribution is 7.99. The third kappa shape index (κ3) is 3.42. The molecule has 2 rings (SSSR count). The Morgan fingerprint density at radius 3 is 2.87 bits per heavy atom. The lowest BCUT2D eigenvalue weighted by atomic mass is 10.0. The first-order valence-corrected chi connectivity index (χ1v) is 7.09. The molecule has 3 heteroatoms. The molecule has 0 saturated heterocycles. The SMILES string of the molecule is NC(CSC1CCCC1)C1=COCCC1. The highest BCUT2D eigenvalue weighted by Crippen LogP contribution is 2.30. The fraction of sp³-hybridized carbons (Fsp3) is 0.833. The minimum absolute atomic E-state index is 0.218. The van der Waals surface area contributed by atoms with Crippen LogP contribution in [-0.4, -0.2) is 23.7 Å². The van der Waals surface area contributed by atoms with E-state index in [1.54, 1.807) is 0 Å². The Morgan fingerprint density at radius 2 is 2.20 bits per heavy atom. The van der Waals surface area contributed by atoms with E-state index in [1.807, 2.05) is 6.26 Å². The zero-order chi connectivity index (χ0) is 10.5. The zero-order valence-corrected chi connectivity index (χ0v) is 10.1. The van der Waals surface area contributed by atoms with Gasteiger partial charge in [0.05, 0.1) is 12.9 Å². The van der Waals surface area contributed by atoms with Crippen LogP contribution in [0.2, 0.25) is 0 Å². The minimum Gasteiger partial charge on any atom is -0.501 e. The van der Waals surface area contributed by atoms with Crippen molar-refractivity contribution >= 4 is 11.8 Å². The molecule has 15 heavy (non-hydrogen) atoms. The Kier molecular flexibility index (Phi) is 4.39. The summed E-state index contributed by atoms with van der Waals surface area (Å²) in [7, 11) is 0. The molecule has 1 atom stereocenters. The van der Waals surface area contributed by atoms with Gasteiger partial charge in [0.15, 0.2) is 0 Å². The minimum atomic E-state index is 0.218. The van der Waals surface area contributed by atoms with Crippen LogP contribution in [0.15, 0.2) is 11.8 Å².